The van der Waals surface area contributed by atoms with E-state index in [9.17, 15) is 4.79 Å². The van der Waals surface area contributed by atoms with Crippen LogP contribution in [0.2, 0.25) is 0 Å². The Morgan fingerprint density at radius 3 is 2.83 bits per heavy atom. The van der Waals surface area contributed by atoms with Crippen molar-refractivity contribution < 1.29 is 4.79 Å². The molecule has 1 amide bonds. The van der Waals surface area contributed by atoms with E-state index in [4.69, 9.17) is 0 Å². The van der Waals surface area contributed by atoms with Crippen LogP contribution in [0, 0.1) is 26.7 Å². The van der Waals surface area contributed by atoms with E-state index in [0.29, 0.717) is 17.1 Å². The molecule has 1 aliphatic heterocycles. The summed E-state index contributed by atoms with van der Waals surface area (Å²) in [6, 6.07) is 2.12. The first-order valence-electron chi connectivity index (χ1n) is 7.82. The Labute approximate surface area is 142 Å². The monoisotopic (exact) mass is 337 g/mol. The first-order chi connectivity index (χ1) is 10.5. The predicted octanol–water partition coefficient (Wildman–Crippen LogP) is 1.80. The molecule has 23 heavy (non-hydrogen) atoms. The zero-order valence-corrected chi connectivity index (χ0v) is 14.8. The van der Waals surface area contributed by atoms with Crippen LogP contribution in [-0.2, 0) is 0 Å². The number of fused-ring (bicyclic) bond motifs is 1. The number of carbonyl (C=O) groups is 1. The largest absolute Gasteiger partial charge is 0.348 e. The molecule has 0 bridgehead atoms. The molecule has 2 aromatic rings. The second-order valence-corrected chi connectivity index (χ2v) is 6.28. The summed E-state index contributed by atoms with van der Waals surface area (Å²) in [6.45, 7) is 9.79. The molecule has 2 N–H and O–H groups in total. The Morgan fingerprint density at radius 1 is 1.39 bits per heavy atom. The van der Waals surface area contributed by atoms with Gasteiger partial charge in [-0.05, 0) is 45.7 Å². The van der Waals surface area contributed by atoms with Crippen LogP contribution in [-0.4, -0.2) is 39.6 Å². The van der Waals surface area contributed by atoms with E-state index in [1.807, 2.05) is 26.8 Å². The standard InChI is InChI=1S/C16H23N5O.ClH/c1-9-5-6-17-8-13(9)19-16(22)14-12(4)20-21-11(3)7-10(2)18-15(14)21;/h7,9,13,17H,5-6,8H2,1-4H3,(H,19,22);1H. The SMILES string of the molecule is Cc1cc(C)n2nc(C)c(C(=O)NC3CNCCC3C)c2n1.Cl. The summed E-state index contributed by atoms with van der Waals surface area (Å²) in [5.74, 6) is 0.398. The predicted molar refractivity (Wildman–Crippen MR) is 92.4 cm³/mol. The summed E-state index contributed by atoms with van der Waals surface area (Å²) in [7, 11) is 0. The smallest absolute Gasteiger partial charge is 0.257 e. The van der Waals surface area contributed by atoms with Gasteiger partial charge < -0.3 is 10.6 Å². The van der Waals surface area contributed by atoms with Crippen LogP contribution in [0.1, 0.15) is 40.8 Å². The average Bonchev–Trinajstić information content (AvgIpc) is 2.78. The van der Waals surface area contributed by atoms with Crippen LogP contribution in [0.4, 0.5) is 0 Å². The van der Waals surface area contributed by atoms with E-state index in [0.717, 1.165) is 36.6 Å². The molecule has 0 aliphatic carbocycles. The molecule has 0 spiro atoms. The third-order valence-corrected chi connectivity index (χ3v) is 4.44. The van der Waals surface area contributed by atoms with E-state index < -0.39 is 0 Å². The topological polar surface area (TPSA) is 71.3 Å². The fraction of sp³-hybridized carbons (Fsp3) is 0.562. The number of hydrogen-bond acceptors (Lipinski definition) is 4. The third-order valence-electron chi connectivity index (χ3n) is 4.44. The first-order valence-corrected chi connectivity index (χ1v) is 7.82. The van der Waals surface area contributed by atoms with Gasteiger partial charge in [-0.1, -0.05) is 6.92 Å². The van der Waals surface area contributed by atoms with Gasteiger partial charge in [0.1, 0.15) is 5.56 Å². The van der Waals surface area contributed by atoms with Gasteiger partial charge in [-0.25, -0.2) is 9.50 Å². The van der Waals surface area contributed by atoms with E-state index in [1.54, 1.807) is 4.52 Å². The molecular weight excluding hydrogens is 314 g/mol. The minimum Gasteiger partial charge on any atom is -0.348 e. The number of nitrogens with zero attached hydrogens (tertiary/aromatic N) is 3. The molecule has 2 unspecified atom stereocenters. The summed E-state index contributed by atoms with van der Waals surface area (Å²) in [4.78, 5) is 17.3. The van der Waals surface area contributed by atoms with Gasteiger partial charge in [-0.2, -0.15) is 5.10 Å². The fourth-order valence-electron chi connectivity index (χ4n) is 3.12. The molecule has 1 fully saturated rings. The van der Waals surface area contributed by atoms with Crippen LogP contribution in [0.5, 0.6) is 0 Å². The zero-order chi connectivity index (χ0) is 15.9. The maximum atomic E-state index is 12.7. The van der Waals surface area contributed by atoms with Gasteiger partial charge in [-0.3, -0.25) is 4.79 Å². The molecule has 3 rings (SSSR count). The molecular formula is C16H24ClN5O. The van der Waals surface area contributed by atoms with Gasteiger partial charge in [0.25, 0.3) is 5.91 Å². The molecule has 1 aliphatic rings. The second kappa shape index (κ2) is 6.84. The molecule has 1 saturated heterocycles. The highest BCUT2D eigenvalue weighted by molar-refractivity contribution is 6.01. The molecule has 0 saturated carbocycles. The highest BCUT2D eigenvalue weighted by Gasteiger charge is 2.26. The van der Waals surface area contributed by atoms with Crippen LogP contribution < -0.4 is 10.6 Å². The van der Waals surface area contributed by atoms with Crippen LogP contribution >= 0.6 is 12.4 Å². The Kier molecular flexibility index (Phi) is 5.26. The number of aromatic nitrogens is 3. The number of rotatable bonds is 2. The highest BCUT2D eigenvalue weighted by atomic mass is 35.5. The number of amides is 1. The Hall–Kier alpha value is -1.66. The number of carbonyl (C=O) groups excluding carboxylic acids is 1. The lowest BCUT2D eigenvalue weighted by atomic mass is 9.94. The maximum absolute atomic E-state index is 12.7. The Balaban J connectivity index is 0.00000192. The Bertz CT molecular complexity index is 727. The van der Waals surface area contributed by atoms with Gasteiger partial charge >= 0.3 is 0 Å². The second-order valence-electron chi connectivity index (χ2n) is 6.28. The lowest BCUT2D eigenvalue weighted by Gasteiger charge is -2.30. The van der Waals surface area contributed by atoms with Crippen LogP contribution in [0.15, 0.2) is 6.07 Å². The van der Waals surface area contributed by atoms with Gasteiger partial charge in [-0.15, -0.1) is 12.4 Å². The van der Waals surface area contributed by atoms with E-state index in [-0.39, 0.29) is 24.4 Å². The van der Waals surface area contributed by atoms with Gasteiger partial charge in [0.15, 0.2) is 5.65 Å². The van der Waals surface area contributed by atoms with Gasteiger partial charge in [0, 0.05) is 24.0 Å². The highest BCUT2D eigenvalue weighted by Crippen LogP contribution is 2.18. The summed E-state index contributed by atoms with van der Waals surface area (Å²) in [5, 5.41) is 10.9. The van der Waals surface area contributed by atoms with Crippen molar-refractivity contribution in [3.8, 4) is 0 Å². The minimum absolute atomic E-state index is 0. The molecule has 3 heterocycles. The molecule has 6 nitrogen and oxygen atoms in total. The van der Waals surface area contributed by atoms with Gasteiger partial charge in [0.2, 0.25) is 0 Å². The summed E-state index contributed by atoms with van der Waals surface area (Å²) < 4.78 is 1.75. The number of nitrogens with one attached hydrogen (secondary N) is 2. The number of piperidine rings is 1. The lowest BCUT2D eigenvalue weighted by Crippen LogP contribution is -2.50. The van der Waals surface area contributed by atoms with Gasteiger partial charge in [0.05, 0.1) is 5.69 Å². The summed E-state index contributed by atoms with van der Waals surface area (Å²) >= 11 is 0. The summed E-state index contributed by atoms with van der Waals surface area (Å²) in [5.41, 5.74) is 3.83. The van der Waals surface area contributed by atoms with Crippen LogP contribution in [0.25, 0.3) is 5.65 Å². The summed E-state index contributed by atoms with van der Waals surface area (Å²) in [6.07, 6.45) is 1.08. The van der Waals surface area contributed by atoms with Crippen LogP contribution in [0.3, 0.4) is 0 Å². The van der Waals surface area contributed by atoms with E-state index in [1.165, 1.54) is 0 Å². The van der Waals surface area contributed by atoms with Crippen molar-refractivity contribution in [3.63, 3.8) is 0 Å². The number of aryl methyl sites for hydroxylation is 3. The first kappa shape index (κ1) is 17.7. The average molecular weight is 338 g/mol. The minimum atomic E-state index is -0.0782. The van der Waals surface area contributed by atoms with E-state index >= 15 is 0 Å². The molecule has 2 atom stereocenters. The van der Waals surface area contributed by atoms with Crippen molar-refractivity contribution in [1.29, 1.82) is 0 Å². The normalized spacial score (nSPS) is 21.0. The molecule has 7 heteroatoms. The zero-order valence-electron chi connectivity index (χ0n) is 14.0. The molecule has 126 valence electrons. The molecule has 0 aromatic carbocycles. The third kappa shape index (κ3) is 3.33. The maximum Gasteiger partial charge on any atom is 0.257 e. The van der Waals surface area contributed by atoms with Crippen molar-refractivity contribution in [2.45, 2.75) is 40.2 Å². The molecule has 2 aromatic heterocycles. The number of hydrogen-bond donors (Lipinski definition) is 2. The van der Waals surface area contributed by atoms with Crippen molar-refractivity contribution in [1.82, 2.24) is 25.2 Å². The van der Waals surface area contributed by atoms with Crippen molar-refractivity contribution in [3.05, 3.63) is 28.7 Å². The lowest BCUT2D eigenvalue weighted by molar-refractivity contribution is 0.0916. The number of halogens is 1. The molecule has 0 radical (unpaired) electrons. The quantitative estimate of drug-likeness (QED) is 0.876. The Morgan fingerprint density at radius 2 is 2.13 bits per heavy atom. The van der Waals surface area contributed by atoms with Crippen molar-refractivity contribution in [2.75, 3.05) is 13.1 Å². The van der Waals surface area contributed by atoms with E-state index in [2.05, 4.69) is 27.6 Å². The van der Waals surface area contributed by atoms with Crippen molar-refractivity contribution >= 4 is 24.0 Å². The fourth-order valence-corrected chi connectivity index (χ4v) is 3.12. The van der Waals surface area contributed by atoms with Crippen molar-refractivity contribution in [2.24, 2.45) is 5.92 Å².